The van der Waals surface area contributed by atoms with Crippen molar-refractivity contribution in [1.82, 2.24) is 21.3 Å². The molecule has 8 nitrogen and oxygen atoms in total. The maximum atomic E-state index is 13.2. The number of rotatable bonds is 26. The van der Waals surface area contributed by atoms with E-state index in [2.05, 4.69) is 35.1 Å². The van der Waals surface area contributed by atoms with E-state index in [1.54, 1.807) is 0 Å². The van der Waals surface area contributed by atoms with Crippen molar-refractivity contribution in [2.24, 2.45) is 5.92 Å². The van der Waals surface area contributed by atoms with E-state index in [-0.39, 0.29) is 48.2 Å². The molecule has 2 saturated heterocycles. The Hall–Kier alpha value is -2.12. The number of amides is 4. The van der Waals surface area contributed by atoms with Crippen molar-refractivity contribution in [3.05, 3.63) is 0 Å². The number of hydrogen-bond donors (Lipinski definition) is 4. The molecule has 0 spiro atoms. The van der Waals surface area contributed by atoms with Crippen LogP contribution in [-0.4, -0.2) is 48.3 Å². The van der Waals surface area contributed by atoms with Gasteiger partial charge in [-0.25, -0.2) is 0 Å². The number of hydrogen-bond acceptors (Lipinski definition) is 4. The normalized spacial score (nSPS) is 21.7. The summed E-state index contributed by atoms with van der Waals surface area (Å²) >= 11 is 0. The number of carbonyl (C=O) groups is 4. The molecule has 0 radical (unpaired) electrons. The van der Waals surface area contributed by atoms with E-state index in [0.717, 1.165) is 32.1 Å². The summed E-state index contributed by atoms with van der Waals surface area (Å²) in [7, 11) is 0. The highest BCUT2D eigenvalue weighted by atomic mass is 16.2. The van der Waals surface area contributed by atoms with Crippen LogP contribution in [0, 0.1) is 5.92 Å². The van der Waals surface area contributed by atoms with Crippen molar-refractivity contribution in [1.29, 1.82) is 0 Å². The third kappa shape index (κ3) is 19.5. The van der Waals surface area contributed by atoms with Crippen LogP contribution in [0.25, 0.3) is 0 Å². The van der Waals surface area contributed by atoms with Crippen LogP contribution in [0.4, 0.5) is 0 Å². The predicted molar refractivity (Wildman–Crippen MR) is 193 cm³/mol. The van der Waals surface area contributed by atoms with E-state index in [4.69, 9.17) is 0 Å². The fraction of sp³-hybridized carbons (Fsp3) is 0.897. The Labute approximate surface area is 287 Å². The molecule has 8 heteroatoms. The maximum absolute atomic E-state index is 13.2. The van der Waals surface area contributed by atoms with Gasteiger partial charge in [0.1, 0.15) is 0 Å². The van der Waals surface area contributed by atoms with E-state index >= 15 is 0 Å². The molecule has 2 fully saturated rings. The summed E-state index contributed by atoms with van der Waals surface area (Å²) in [6.07, 6.45) is 29.9. The Morgan fingerprint density at radius 1 is 0.617 bits per heavy atom. The average Bonchev–Trinajstić information content (AvgIpc) is 3.34. The van der Waals surface area contributed by atoms with E-state index in [9.17, 15) is 19.2 Å². The van der Waals surface area contributed by atoms with Crippen molar-refractivity contribution >= 4 is 23.6 Å². The Kier molecular flexibility index (Phi) is 23.4. The second kappa shape index (κ2) is 26.8. The van der Waals surface area contributed by atoms with Gasteiger partial charge in [-0.2, -0.15) is 0 Å². The van der Waals surface area contributed by atoms with Crippen LogP contribution < -0.4 is 21.3 Å². The first-order valence-electron chi connectivity index (χ1n) is 20.1. The molecule has 4 N–H and O–H groups in total. The summed E-state index contributed by atoms with van der Waals surface area (Å²) in [6, 6.07) is -0.888. The minimum Gasteiger partial charge on any atom is -0.356 e. The van der Waals surface area contributed by atoms with Crippen molar-refractivity contribution in [3.8, 4) is 0 Å². The maximum Gasteiger partial charge on any atom is 0.227 e. The van der Waals surface area contributed by atoms with Gasteiger partial charge in [-0.3, -0.25) is 19.2 Å². The summed E-state index contributed by atoms with van der Waals surface area (Å²) in [5, 5.41) is 12.4. The van der Waals surface area contributed by atoms with Gasteiger partial charge < -0.3 is 21.3 Å². The molecule has 4 atom stereocenters. The number of carbonyl (C=O) groups excluding carboxylic acids is 4. The zero-order chi connectivity index (χ0) is 34.0. The van der Waals surface area contributed by atoms with Crippen LogP contribution in [0.3, 0.4) is 0 Å². The van der Waals surface area contributed by atoms with E-state index < -0.39 is 5.92 Å². The lowest BCUT2D eigenvalue weighted by Crippen LogP contribution is -2.54. The van der Waals surface area contributed by atoms with Gasteiger partial charge >= 0.3 is 0 Å². The topological polar surface area (TPSA) is 116 Å². The van der Waals surface area contributed by atoms with Crippen molar-refractivity contribution < 1.29 is 19.2 Å². The third-order valence-corrected chi connectivity index (χ3v) is 10.2. The van der Waals surface area contributed by atoms with Crippen LogP contribution in [0.1, 0.15) is 194 Å². The minimum atomic E-state index is -0.510. The third-order valence-electron chi connectivity index (χ3n) is 10.2. The molecule has 0 aromatic rings. The molecule has 0 aromatic carbocycles. The van der Waals surface area contributed by atoms with Gasteiger partial charge in [0.15, 0.2) is 0 Å². The largest absolute Gasteiger partial charge is 0.356 e. The molecule has 2 aliphatic rings. The van der Waals surface area contributed by atoms with Crippen LogP contribution >= 0.6 is 0 Å². The van der Waals surface area contributed by atoms with Crippen LogP contribution in [-0.2, 0) is 19.2 Å². The molecular formula is C39H72N4O4. The Morgan fingerprint density at radius 3 is 1.60 bits per heavy atom. The number of unbranched alkanes of at least 4 members (excludes halogenated alkanes) is 19. The van der Waals surface area contributed by atoms with Crippen LogP contribution in [0.2, 0.25) is 0 Å². The summed E-state index contributed by atoms with van der Waals surface area (Å²) in [4.78, 5) is 51.8. The monoisotopic (exact) mass is 661 g/mol. The lowest BCUT2D eigenvalue weighted by molar-refractivity contribution is -0.128. The smallest absolute Gasteiger partial charge is 0.227 e. The molecule has 2 rings (SSSR count). The van der Waals surface area contributed by atoms with Gasteiger partial charge in [-0.1, -0.05) is 136 Å². The highest BCUT2D eigenvalue weighted by Gasteiger charge is 2.40. The Balaban J connectivity index is 1.69. The fourth-order valence-corrected chi connectivity index (χ4v) is 7.38. The number of nitrogens with one attached hydrogen (secondary N) is 4. The van der Waals surface area contributed by atoms with Crippen molar-refractivity contribution in [2.75, 3.05) is 6.54 Å². The summed E-state index contributed by atoms with van der Waals surface area (Å²) < 4.78 is 0. The summed E-state index contributed by atoms with van der Waals surface area (Å²) in [5.74, 6) is -0.736. The Bertz CT molecular complexity index is 866. The molecule has 0 bridgehead atoms. The van der Waals surface area contributed by atoms with Gasteiger partial charge in [-0.05, 0) is 38.5 Å². The highest BCUT2D eigenvalue weighted by molar-refractivity contribution is 5.84. The Morgan fingerprint density at radius 2 is 1.09 bits per heavy atom. The van der Waals surface area contributed by atoms with Gasteiger partial charge in [0, 0.05) is 43.9 Å². The molecule has 47 heavy (non-hydrogen) atoms. The predicted octanol–water partition coefficient (Wildman–Crippen LogP) is 8.16. The van der Waals surface area contributed by atoms with E-state index in [1.807, 2.05) is 0 Å². The van der Waals surface area contributed by atoms with Crippen LogP contribution in [0.15, 0.2) is 0 Å². The molecule has 2 aliphatic heterocycles. The highest BCUT2D eigenvalue weighted by Crippen LogP contribution is 2.24. The van der Waals surface area contributed by atoms with Crippen molar-refractivity contribution in [3.63, 3.8) is 0 Å². The zero-order valence-electron chi connectivity index (χ0n) is 30.4. The molecule has 0 aromatic heterocycles. The molecule has 272 valence electrons. The van der Waals surface area contributed by atoms with Crippen molar-refractivity contribution in [2.45, 2.75) is 212 Å². The lowest BCUT2D eigenvalue weighted by atomic mass is 9.86. The molecular weight excluding hydrogens is 588 g/mol. The van der Waals surface area contributed by atoms with Crippen LogP contribution in [0.5, 0.6) is 0 Å². The lowest BCUT2D eigenvalue weighted by Gasteiger charge is -2.31. The first kappa shape index (κ1) is 41.1. The van der Waals surface area contributed by atoms with E-state index in [1.165, 1.54) is 109 Å². The molecule has 4 amide bonds. The molecule has 2 unspecified atom stereocenters. The fourth-order valence-electron chi connectivity index (χ4n) is 7.38. The minimum absolute atomic E-state index is 0.00354. The first-order valence-corrected chi connectivity index (χ1v) is 20.1. The van der Waals surface area contributed by atoms with Gasteiger partial charge in [0.05, 0.1) is 5.92 Å². The second-order valence-corrected chi connectivity index (χ2v) is 14.6. The average molecular weight is 661 g/mol. The SMILES string of the molecule is CCCCCCCCCCCCCCCC(=O)N[C@H]1CCCNC(=O)C1[C@@H]1CCC(NC(=O)CCCCCCCCCC)CC(=O)N1. The molecule has 2 heterocycles. The standard InChI is InChI=1S/C39H72N4O4/c1-3-5-7-9-11-13-14-15-16-17-19-21-23-27-36(45)42-33-25-24-30-40-39(47)38(33)34-29-28-32(31-37(46)43-34)41-35(44)26-22-20-18-12-10-8-6-4-2/h32-34,38H,3-31H2,1-2H3,(H,40,47)(H,41,44)(H,42,45)(H,43,46)/t32?,33-,34-,38?/m0/s1. The summed E-state index contributed by atoms with van der Waals surface area (Å²) in [5.41, 5.74) is 0. The van der Waals surface area contributed by atoms with Gasteiger partial charge in [0.25, 0.3) is 0 Å². The van der Waals surface area contributed by atoms with Gasteiger partial charge in [-0.15, -0.1) is 0 Å². The van der Waals surface area contributed by atoms with Gasteiger partial charge in [0.2, 0.25) is 23.6 Å². The first-order chi connectivity index (χ1) is 22.9. The second-order valence-electron chi connectivity index (χ2n) is 14.6. The van der Waals surface area contributed by atoms with E-state index in [0.29, 0.717) is 38.6 Å². The zero-order valence-corrected chi connectivity index (χ0v) is 30.4. The quantitative estimate of drug-likeness (QED) is 0.0701. The summed E-state index contributed by atoms with van der Waals surface area (Å²) in [6.45, 7) is 5.07. The molecule has 0 saturated carbocycles. The molecule has 0 aliphatic carbocycles.